The number of nitrogens with two attached hydrogens (primary N) is 1. The zero-order valence-electron chi connectivity index (χ0n) is 16.1. The van der Waals surface area contributed by atoms with Crippen LogP contribution in [0.15, 0.2) is 78.0 Å². The van der Waals surface area contributed by atoms with Crippen molar-refractivity contribution in [1.82, 2.24) is 9.66 Å². The topological polar surface area (TPSA) is 56.2 Å². The van der Waals surface area contributed by atoms with Crippen LogP contribution < -0.4 is 5.73 Å². The number of aryl methyl sites for hydroxylation is 1. The summed E-state index contributed by atoms with van der Waals surface area (Å²) in [4.78, 5) is 4.20. The Morgan fingerprint density at radius 3 is 1.93 bits per heavy atom. The first-order chi connectivity index (χ1) is 14.2. The number of hydrogen-bond donors (Lipinski definition) is 1. The van der Waals surface area contributed by atoms with Crippen molar-refractivity contribution in [2.75, 3.05) is 5.73 Å². The van der Waals surface area contributed by atoms with Gasteiger partial charge in [-0.05, 0) is 51.9 Å². The normalized spacial score (nSPS) is 18.5. The number of benzene rings is 3. The number of imidazole rings is 1. The third kappa shape index (κ3) is 2.32. The van der Waals surface area contributed by atoms with E-state index in [-0.39, 0.29) is 5.92 Å². The fourth-order valence-electron chi connectivity index (χ4n) is 4.99. The van der Waals surface area contributed by atoms with Crippen LogP contribution in [-0.2, 0) is 0 Å². The van der Waals surface area contributed by atoms with Crippen LogP contribution in [-0.4, -0.2) is 15.9 Å². The first kappa shape index (κ1) is 16.3. The van der Waals surface area contributed by atoms with E-state index in [0.717, 1.165) is 11.3 Å². The number of rotatable bonds is 2. The van der Waals surface area contributed by atoms with Crippen LogP contribution in [0.25, 0.3) is 0 Å². The molecule has 0 radical (unpaired) electrons. The molecule has 0 saturated heterocycles. The third-order valence-corrected chi connectivity index (χ3v) is 6.13. The lowest BCUT2D eigenvalue weighted by Crippen LogP contribution is -2.27. The van der Waals surface area contributed by atoms with Gasteiger partial charge in [-0.2, -0.15) is 5.10 Å². The molecular formula is C25H20N4. The van der Waals surface area contributed by atoms with Crippen molar-refractivity contribution >= 4 is 12.2 Å². The zero-order valence-corrected chi connectivity index (χ0v) is 16.1. The number of nitrogens with zero attached hydrogens (tertiary/aromatic N) is 3. The van der Waals surface area contributed by atoms with Crippen LogP contribution in [0.5, 0.6) is 0 Å². The van der Waals surface area contributed by atoms with Crippen molar-refractivity contribution in [2.45, 2.75) is 18.8 Å². The van der Waals surface area contributed by atoms with E-state index in [1.807, 2.05) is 19.3 Å². The van der Waals surface area contributed by atoms with Crippen molar-refractivity contribution in [1.29, 1.82) is 0 Å². The lowest BCUT2D eigenvalue weighted by atomic mass is 9.61. The van der Waals surface area contributed by atoms with Crippen LogP contribution in [0.2, 0.25) is 0 Å². The highest BCUT2D eigenvalue weighted by Gasteiger charge is 2.40. The molecule has 0 amide bonds. The van der Waals surface area contributed by atoms with E-state index in [1.54, 1.807) is 4.68 Å². The van der Waals surface area contributed by atoms with Gasteiger partial charge in [0.2, 0.25) is 5.95 Å². The molecule has 0 spiro atoms. The quantitative estimate of drug-likeness (QED) is 0.448. The lowest BCUT2D eigenvalue weighted by molar-refractivity contribution is 0.754. The summed E-state index contributed by atoms with van der Waals surface area (Å²) in [6, 6.07) is 24.4. The average molecular weight is 376 g/mol. The van der Waals surface area contributed by atoms with Crippen molar-refractivity contribution in [2.24, 2.45) is 5.10 Å². The Kier molecular flexibility index (Phi) is 3.33. The number of anilines is 1. The highest BCUT2D eigenvalue weighted by atomic mass is 15.4. The van der Waals surface area contributed by atoms with Gasteiger partial charge in [0.15, 0.2) is 0 Å². The Bertz CT molecular complexity index is 1250. The Morgan fingerprint density at radius 2 is 1.38 bits per heavy atom. The minimum atomic E-state index is 0.274. The maximum absolute atomic E-state index is 5.91. The zero-order chi connectivity index (χ0) is 19.5. The highest BCUT2D eigenvalue weighted by Crippen LogP contribution is 2.55. The Hall–Kier alpha value is -3.66. The van der Waals surface area contributed by atoms with Crippen LogP contribution >= 0.6 is 0 Å². The van der Waals surface area contributed by atoms with E-state index in [1.165, 1.54) is 33.4 Å². The largest absolute Gasteiger partial charge is 0.368 e. The second-order valence-corrected chi connectivity index (χ2v) is 7.84. The molecular weight excluding hydrogens is 356 g/mol. The van der Waals surface area contributed by atoms with Gasteiger partial charge < -0.3 is 5.73 Å². The fourth-order valence-corrected chi connectivity index (χ4v) is 4.99. The molecule has 0 saturated carbocycles. The van der Waals surface area contributed by atoms with Crippen LogP contribution in [0.3, 0.4) is 0 Å². The molecule has 29 heavy (non-hydrogen) atoms. The lowest BCUT2D eigenvalue weighted by Gasteiger charge is -2.42. The van der Waals surface area contributed by atoms with Gasteiger partial charge in [0, 0.05) is 11.8 Å². The van der Waals surface area contributed by atoms with E-state index in [0.29, 0.717) is 11.9 Å². The Balaban J connectivity index is 1.49. The van der Waals surface area contributed by atoms with Crippen molar-refractivity contribution < 1.29 is 0 Å². The Labute approximate surface area is 169 Å². The maximum Gasteiger partial charge on any atom is 0.221 e. The number of nitrogen functional groups attached to an aromatic ring is 1. The molecule has 4 heteroatoms. The van der Waals surface area contributed by atoms with Gasteiger partial charge in [0.05, 0.1) is 18.1 Å². The summed E-state index contributed by atoms with van der Waals surface area (Å²) in [7, 11) is 0. The van der Waals surface area contributed by atoms with Gasteiger partial charge in [-0.1, -0.05) is 60.7 Å². The predicted molar refractivity (Wildman–Crippen MR) is 116 cm³/mol. The average Bonchev–Trinajstić information content (AvgIpc) is 3.08. The minimum absolute atomic E-state index is 0.274. The standard InChI is InChI=1S/C25H20N4/c1-15-14-29(25(26)28-15)27-13-16-10-11-21-22(12-16)24-19-8-4-2-6-17(19)23(21)18-7-3-5-9-20(18)24/h2-14,23-24H,1H3,(H2,26,28). The summed E-state index contributed by atoms with van der Waals surface area (Å²) in [6.45, 7) is 1.91. The van der Waals surface area contributed by atoms with E-state index >= 15 is 0 Å². The third-order valence-electron chi connectivity index (χ3n) is 6.13. The first-order valence-corrected chi connectivity index (χ1v) is 9.88. The summed E-state index contributed by atoms with van der Waals surface area (Å²) in [5.74, 6) is 0.982. The van der Waals surface area contributed by atoms with E-state index in [2.05, 4.69) is 76.8 Å². The molecule has 0 aliphatic heterocycles. The van der Waals surface area contributed by atoms with E-state index < -0.39 is 0 Å². The predicted octanol–water partition coefficient (Wildman–Crippen LogP) is 4.64. The van der Waals surface area contributed by atoms with Crippen LogP contribution in [0, 0.1) is 6.92 Å². The molecule has 1 heterocycles. The second-order valence-electron chi connectivity index (χ2n) is 7.84. The van der Waals surface area contributed by atoms with Crippen molar-refractivity contribution in [3.63, 3.8) is 0 Å². The van der Waals surface area contributed by atoms with E-state index in [9.17, 15) is 0 Å². The SMILES string of the molecule is Cc1cn(N=Cc2ccc3c(c2)C2c4ccccc4C3c3ccccc32)c(N)n1. The molecule has 2 N–H and O–H groups in total. The van der Waals surface area contributed by atoms with Crippen LogP contribution in [0.1, 0.15) is 56.5 Å². The first-order valence-electron chi connectivity index (χ1n) is 9.88. The van der Waals surface area contributed by atoms with Crippen molar-refractivity contribution in [3.8, 4) is 0 Å². The number of hydrogen-bond acceptors (Lipinski definition) is 3. The minimum Gasteiger partial charge on any atom is -0.368 e. The number of aromatic nitrogens is 2. The van der Waals surface area contributed by atoms with Gasteiger partial charge in [-0.25, -0.2) is 9.66 Å². The van der Waals surface area contributed by atoms with E-state index in [4.69, 9.17) is 5.73 Å². The summed E-state index contributed by atoms with van der Waals surface area (Å²) >= 11 is 0. The van der Waals surface area contributed by atoms with Crippen LogP contribution in [0.4, 0.5) is 5.95 Å². The molecule has 0 atom stereocenters. The van der Waals surface area contributed by atoms with Gasteiger partial charge in [0.1, 0.15) is 0 Å². The molecule has 0 fully saturated rings. The molecule has 3 aliphatic carbocycles. The second kappa shape index (κ2) is 5.92. The maximum atomic E-state index is 5.91. The fraction of sp³-hybridized carbons (Fsp3) is 0.120. The molecule has 3 aliphatic rings. The summed E-state index contributed by atoms with van der Waals surface area (Å²) in [6.07, 6.45) is 3.69. The molecule has 0 unspecified atom stereocenters. The molecule has 140 valence electrons. The summed E-state index contributed by atoms with van der Waals surface area (Å²) in [5.41, 5.74) is 16.3. The monoisotopic (exact) mass is 376 g/mol. The molecule has 4 aromatic rings. The summed E-state index contributed by atoms with van der Waals surface area (Å²) in [5, 5.41) is 4.50. The smallest absolute Gasteiger partial charge is 0.221 e. The highest BCUT2D eigenvalue weighted by molar-refractivity contribution is 5.81. The van der Waals surface area contributed by atoms with Gasteiger partial charge in [-0.15, -0.1) is 0 Å². The molecule has 4 nitrogen and oxygen atoms in total. The molecule has 2 bridgehead atoms. The molecule has 3 aromatic carbocycles. The van der Waals surface area contributed by atoms with Crippen molar-refractivity contribution in [3.05, 3.63) is 118 Å². The Morgan fingerprint density at radius 1 is 0.828 bits per heavy atom. The summed E-state index contributed by atoms with van der Waals surface area (Å²) < 4.78 is 1.62. The van der Waals surface area contributed by atoms with Gasteiger partial charge >= 0.3 is 0 Å². The molecule has 7 rings (SSSR count). The van der Waals surface area contributed by atoms with Gasteiger partial charge in [-0.3, -0.25) is 0 Å². The van der Waals surface area contributed by atoms with Gasteiger partial charge in [0.25, 0.3) is 0 Å². The molecule has 1 aromatic heterocycles.